The van der Waals surface area contributed by atoms with Crippen LogP contribution in [-0.4, -0.2) is 34.0 Å². The van der Waals surface area contributed by atoms with E-state index in [4.69, 9.17) is 26.5 Å². The van der Waals surface area contributed by atoms with Gasteiger partial charge in [-0.15, -0.1) is 0 Å². The first-order valence-electron chi connectivity index (χ1n) is 11.6. The highest BCUT2D eigenvalue weighted by Gasteiger charge is 2.34. The minimum atomic E-state index is -4.53. The standard InChI is InChI=1S/C25H25ClF3N5O2/c1-14(9-17-20(25(27,28)29)3-2-4-21(17)26)36-23-22-18(11-32-24(23)30)19(13-35-22)15-10-33-34(12-15)16-5-7-31-8-6-16/h2-4,10-14,16,31H,5-9H2,1H3,(H2,30,32). The third kappa shape index (κ3) is 4.75. The van der Waals surface area contributed by atoms with Gasteiger partial charge in [-0.2, -0.15) is 18.3 Å². The first-order valence-corrected chi connectivity index (χ1v) is 12.0. The molecule has 0 aliphatic carbocycles. The van der Waals surface area contributed by atoms with E-state index in [9.17, 15) is 13.2 Å². The van der Waals surface area contributed by atoms with Gasteiger partial charge in [0.15, 0.2) is 11.4 Å². The number of pyridine rings is 1. The van der Waals surface area contributed by atoms with Crippen LogP contribution in [0.2, 0.25) is 5.02 Å². The number of hydrogen-bond acceptors (Lipinski definition) is 6. The molecular formula is C25H25ClF3N5O2. The number of benzene rings is 1. The molecule has 190 valence electrons. The summed E-state index contributed by atoms with van der Waals surface area (Å²) in [5, 5.41) is 8.58. The van der Waals surface area contributed by atoms with E-state index >= 15 is 0 Å². The minimum Gasteiger partial charge on any atom is -0.483 e. The van der Waals surface area contributed by atoms with Crippen molar-refractivity contribution in [1.82, 2.24) is 20.1 Å². The monoisotopic (exact) mass is 519 g/mol. The molecular weight excluding hydrogens is 495 g/mol. The number of nitrogens with two attached hydrogens (primary N) is 1. The molecule has 1 saturated heterocycles. The zero-order chi connectivity index (χ0) is 25.4. The van der Waals surface area contributed by atoms with Crippen molar-refractivity contribution in [2.75, 3.05) is 18.8 Å². The molecule has 4 heterocycles. The minimum absolute atomic E-state index is 0.0237. The number of hydrogen-bond donors (Lipinski definition) is 2. The number of alkyl halides is 3. The molecule has 3 aromatic heterocycles. The summed E-state index contributed by atoms with van der Waals surface area (Å²) in [5.74, 6) is 0.258. The molecule has 11 heteroatoms. The van der Waals surface area contributed by atoms with E-state index < -0.39 is 17.8 Å². The maximum Gasteiger partial charge on any atom is 0.416 e. The highest BCUT2D eigenvalue weighted by Crippen LogP contribution is 2.40. The Hall–Kier alpha value is -3.24. The Kier molecular flexibility index (Phi) is 6.57. The summed E-state index contributed by atoms with van der Waals surface area (Å²) in [6.07, 6.45) is 3.64. The summed E-state index contributed by atoms with van der Waals surface area (Å²) in [7, 11) is 0. The van der Waals surface area contributed by atoms with Crippen LogP contribution in [0.4, 0.5) is 19.0 Å². The molecule has 1 aliphatic rings. The molecule has 0 bridgehead atoms. The van der Waals surface area contributed by atoms with Gasteiger partial charge in [0.25, 0.3) is 0 Å². The van der Waals surface area contributed by atoms with Crippen molar-refractivity contribution >= 4 is 28.4 Å². The van der Waals surface area contributed by atoms with Crippen LogP contribution in [-0.2, 0) is 12.6 Å². The normalized spacial score (nSPS) is 15.9. The molecule has 4 aromatic rings. The molecule has 1 aromatic carbocycles. The Morgan fingerprint density at radius 3 is 2.81 bits per heavy atom. The number of nitrogen functional groups attached to an aromatic ring is 1. The number of aromatic nitrogens is 3. The Bertz CT molecular complexity index is 1380. The number of anilines is 1. The molecule has 7 nitrogen and oxygen atoms in total. The Labute approximate surface area is 210 Å². The van der Waals surface area contributed by atoms with Gasteiger partial charge in [0.05, 0.1) is 23.2 Å². The lowest BCUT2D eigenvalue weighted by Crippen LogP contribution is -2.29. The van der Waals surface area contributed by atoms with Gasteiger partial charge in [0.1, 0.15) is 12.4 Å². The second-order valence-corrected chi connectivity index (χ2v) is 9.36. The van der Waals surface area contributed by atoms with E-state index in [2.05, 4.69) is 15.4 Å². The molecule has 1 fully saturated rings. The van der Waals surface area contributed by atoms with Crippen LogP contribution in [0.1, 0.15) is 36.9 Å². The smallest absolute Gasteiger partial charge is 0.416 e. The van der Waals surface area contributed by atoms with Crippen LogP contribution in [0.15, 0.2) is 47.5 Å². The van der Waals surface area contributed by atoms with Gasteiger partial charge in [-0.05, 0) is 50.6 Å². The number of nitrogens with zero attached hydrogens (tertiary/aromatic N) is 3. The second-order valence-electron chi connectivity index (χ2n) is 8.95. The van der Waals surface area contributed by atoms with Crippen LogP contribution in [0.3, 0.4) is 0 Å². The number of furan rings is 1. The van der Waals surface area contributed by atoms with Gasteiger partial charge < -0.3 is 20.2 Å². The van der Waals surface area contributed by atoms with Crippen molar-refractivity contribution in [2.45, 2.75) is 44.5 Å². The van der Waals surface area contributed by atoms with Gasteiger partial charge >= 0.3 is 6.18 Å². The average Bonchev–Trinajstić information content (AvgIpc) is 3.49. The quantitative estimate of drug-likeness (QED) is 0.330. The van der Waals surface area contributed by atoms with Gasteiger partial charge in [-0.3, -0.25) is 4.68 Å². The molecule has 1 unspecified atom stereocenters. The maximum absolute atomic E-state index is 13.5. The van der Waals surface area contributed by atoms with E-state index in [1.807, 2.05) is 10.9 Å². The highest BCUT2D eigenvalue weighted by molar-refractivity contribution is 6.31. The van der Waals surface area contributed by atoms with Crippen LogP contribution >= 0.6 is 11.6 Å². The zero-order valence-corrected chi connectivity index (χ0v) is 20.2. The molecule has 0 amide bonds. The van der Waals surface area contributed by atoms with E-state index in [-0.39, 0.29) is 28.6 Å². The van der Waals surface area contributed by atoms with E-state index in [0.29, 0.717) is 17.0 Å². The topological polar surface area (TPSA) is 91.1 Å². The fraction of sp³-hybridized carbons (Fsp3) is 0.360. The van der Waals surface area contributed by atoms with Crippen molar-refractivity contribution < 1.29 is 22.3 Å². The summed E-state index contributed by atoms with van der Waals surface area (Å²) in [5.41, 5.74) is 7.27. The van der Waals surface area contributed by atoms with Crippen LogP contribution < -0.4 is 15.8 Å². The molecule has 1 atom stereocenters. The van der Waals surface area contributed by atoms with Crippen LogP contribution in [0.5, 0.6) is 5.75 Å². The van der Waals surface area contributed by atoms with Crippen molar-refractivity contribution in [1.29, 1.82) is 0 Å². The van der Waals surface area contributed by atoms with Gasteiger partial charge in [-0.25, -0.2) is 4.98 Å². The molecule has 0 saturated carbocycles. The van der Waals surface area contributed by atoms with Gasteiger partial charge in [0.2, 0.25) is 5.75 Å². The van der Waals surface area contributed by atoms with Crippen molar-refractivity contribution in [3.05, 3.63) is 59.2 Å². The van der Waals surface area contributed by atoms with Gasteiger partial charge in [-0.1, -0.05) is 17.7 Å². The summed E-state index contributed by atoms with van der Waals surface area (Å²) in [6, 6.07) is 4.05. The first-order chi connectivity index (χ1) is 17.2. The average molecular weight is 520 g/mol. The lowest BCUT2D eigenvalue weighted by molar-refractivity contribution is -0.138. The Morgan fingerprint density at radius 2 is 2.06 bits per heavy atom. The zero-order valence-electron chi connectivity index (χ0n) is 19.5. The fourth-order valence-electron chi connectivity index (χ4n) is 4.63. The molecule has 3 N–H and O–H groups in total. The number of fused-ring (bicyclic) bond motifs is 1. The maximum atomic E-state index is 13.5. The lowest BCUT2D eigenvalue weighted by Gasteiger charge is -2.22. The van der Waals surface area contributed by atoms with Crippen molar-refractivity contribution in [2.24, 2.45) is 0 Å². The number of halogens is 4. The number of rotatable bonds is 6. The number of nitrogens with one attached hydrogen (secondary N) is 1. The predicted octanol–water partition coefficient (Wildman–Crippen LogP) is 5.88. The molecule has 5 rings (SSSR count). The largest absolute Gasteiger partial charge is 0.483 e. The van der Waals surface area contributed by atoms with Crippen LogP contribution in [0.25, 0.3) is 22.1 Å². The van der Waals surface area contributed by atoms with E-state index in [1.54, 1.807) is 25.6 Å². The van der Waals surface area contributed by atoms with Crippen molar-refractivity contribution in [3.63, 3.8) is 0 Å². The molecule has 0 spiro atoms. The third-order valence-electron chi connectivity index (χ3n) is 6.43. The second kappa shape index (κ2) is 9.67. The first kappa shape index (κ1) is 24.5. The molecule has 1 aliphatic heterocycles. The molecule has 0 radical (unpaired) electrons. The van der Waals surface area contributed by atoms with E-state index in [1.165, 1.54) is 12.1 Å². The SMILES string of the molecule is CC(Cc1c(Cl)cccc1C(F)(F)F)Oc1c(N)ncc2c(-c3cnn(C4CCNCC4)c3)coc12. The van der Waals surface area contributed by atoms with Crippen LogP contribution in [0, 0.1) is 0 Å². The Morgan fingerprint density at radius 1 is 1.28 bits per heavy atom. The van der Waals surface area contributed by atoms with Crippen molar-refractivity contribution in [3.8, 4) is 16.9 Å². The van der Waals surface area contributed by atoms with E-state index in [0.717, 1.165) is 43.1 Å². The highest BCUT2D eigenvalue weighted by atomic mass is 35.5. The Balaban J connectivity index is 1.42. The number of ether oxygens (including phenoxy) is 1. The lowest BCUT2D eigenvalue weighted by atomic mass is 10.0. The summed E-state index contributed by atoms with van der Waals surface area (Å²) in [6.45, 7) is 3.55. The molecule has 36 heavy (non-hydrogen) atoms. The van der Waals surface area contributed by atoms with Gasteiger partial charge in [0, 0.05) is 35.0 Å². The third-order valence-corrected chi connectivity index (χ3v) is 6.79. The number of piperidine rings is 1. The summed E-state index contributed by atoms with van der Waals surface area (Å²) >= 11 is 6.12. The summed E-state index contributed by atoms with van der Waals surface area (Å²) < 4.78 is 54.3. The summed E-state index contributed by atoms with van der Waals surface area (Å²) in [4.78, 5) is 4.25. The fourth-order valence-corrected chi connectivity index (χ4v) is 4.88. The predicted molar refractivity (Wildman–Crippen MR) is 131 cm³/mol.